The first-order valence-corrected chi connectivity index (χ1v) is 9.93. The molecule has 0 amide bonds. The highest BCUT2D eigenvalue weighted by Gasteiger charge is 2.37. The van der Waals surface area contributed by atoms with Crippen LogP contribution in [0.4, 0.5) is 0 Å². The van der Waals surface area contributed by atoms with Gasteiger partial charge in [-0.1, -0.05) is 60.7 Å². The molecule has 2 heteroatoms. The van der Waals surface area contributed by atoms with E-state index in [2.05, 4.69) is 71.3 Å². The van der Waals surface area contributed by atoms with E-state index >= 15 is 0 Å². The molecule has 4 unspecified atom stereocenters. The summed E-state index contributed by atoms with van der Waals surface area (Å²) in [6.45, 7) is 2.03. The topological polar surface area (TPSA) is 24.1 Å². The van der Waals surface area contributed by atoms with Gasteiger partial charge >= 0.3 is 0 Å². The molecule has 0 spiro atoms. The van der Waals surface area contributed by atoms with Crippen molar-refractivity contribution in [2.24, 2.45) is 11.8 Å². The Hall–Kier alpha value is -1.64. The molecule has 4 rings (SSSR count). The minimum absolute atomic E-state index is 0.714. The zero-order chi connectivity index (χ0) is 16.9. The second-order valence-corrected chi connectivity index (χ2v) is 7.86. The molecule has 2 aliphatic carbocycles. The molecule has 0 aromatic heterocycles. The Balaban J connectivity index is 1.26. The molecule has 2 saturated carbocycles. The van der Waals surface area contributed by atoms with Crippen molar-refractivity contribution < 1.29 is 0 Å². The third-order valence-electron chi connectivity index (χ3n) is 6.26. The minimum Gasteiger partial charge on any atom is -0.310 e. The summed E-state index contributed by atoms with van der Waals surface area (Å²) in [6, 6.07) is 23.1. The van der Waals surface area contributed by atoms with Gasteiger partial charge in [-0.2, -0.15) is 0 Å². The van der Waals surface area contributed by atoms with Gasteiger partial charge in [0.05, 0.1) is 0 Å². The van der Waals surface area contributed by atoms with E-state index in [4.69, 9.17) is 0 Å². The Bertz CT molecular complexity index is 582. The molecule has 0 saturated heterocycles. The third-order valence-corrected chi connectivity index (χ3v) is 6.26. The second-order valence-electron chi connectivity index (χ2n) is 7.86. The van der Waals surface area contributed by atoms with E-state index in [-0.39, 0.29) is 0 Å². The summed E-state index contributed by atoms with van der Waals surface area (Å²) in [5, 5.41) is 7.69. The molecule has 4 atom stereocenters. The second kappa shape index (κ2) is 8.16. The molecule has 2 aliphatic rings. The van der Waals surface area contributed by atoms with Crippen LogP contribution in [0.15, 0.2) is 60.7 Å². The van der Waals surface area contributed by atoms with Crippen LogP contribution in [0.25, 0.3) is 0 Å². The van der Waals surface area contributed by atoms with Crippen LogP contribution in [0.3, 0.4) is 0 Å². The van der Waals surface area contributed by atoms with Crippen LogP contribution in [0, 0.1) is 11.8 Å². The Morgan fingerprint density at radius 2 is 1.04 bits per heavy atom. The summed E-state index contributed by atoms with van der Waals surface area (Å²) in [4.78, 5) is 0. The number of nitrogens with one attached hydrogen (secondary N) is 2. The normalized spacial score (nSPS) is 28.6. The number of hydrogen-bond acceptors (Lipinski definition) is 2. The summed E-state index contributed by atoms with van der Waals surface area (Å²) in [6.07, 6.45) is 6.82. The van der Waals surface area contributed by atoms with E-state index < -0.39 is 0 Å². The fraction of sp³-hybridized carbons (Fsp3) is 0.478. The number of fused-ring (bicyclic) bond motifs is 2. The SMILES string of the molecule is c1ccc(CNC2CCC3CC2CCC3NCc2ccccc2)cc1. The maximum atomic E-state index is 3.85. The van der Waals surface area contributed by atoms with Crippen molar-refractivity contribution in [1.82, 2.24) is 10.6 Å². The van der Waals surface area contributed by atoms with Crippen LogP contribution in [0.5, 0.6) is 0 Å². The summed E-state index contributed by atoms with van der Waals surface area (Å²) >= 11 is 0. The lowest BCUT2D eigenvalue weighted by atomic mass is 9.67. The molecule has 2 fully saturated rings. The fourth-order valence-corrected chi connectivity index (χ4v) is 4.84. The molecule has 25 heavy (non-hydrogen) atoms. The lowest BCUT2D eigenvalue weighted by Gasteiger charge is -2.45. The van der Waals surface area contributed by atoms with Crippen molar-refractivity contribution in [2.75, 3.05) is 0 Å². The van der Waals surface area contributed by atoms with Crippen molar-refractivity contribution >= 4 is 0 Å². The highest BCUT2D eigenvalue weighted by atomic mass is 15.0. The van der Waals surface area contributed by atoms with E-state index in [1.165, 1.54) is 43.2 Å². The summed E-state index contributed by atoms with van der Waals surface area (Å²) in [5.41, 5.74) is 2.81. The maximum Gasteiger partial charge on any atom is 0.0208 e. The van der Waals surface area contributed by atoms with E-state index in [0.29, 0.717) is 12.1 Å². The monoisotopic (exact) mass is 334 g/mol. The Morgan fingerprint density at radius 1 is 0.600 bits per heavy atom. The number of benzene rings is 2. The first-order chi connectivity index (χ1) is 12.4. The van der Waals surface area contributed by atoms with Crippen LogP contribution < -0.4 is 10.6 Å². The first-order valence-electron chi connectivity index (χ1n) is 9.93. The molecule has 2 N–H and O–H groups in total. The van der Waals surface area contributed by atoms with Gasteiger partial charge in [-0.3, -0.25) is 0 Å². The van der Waals surface area contributed by atoms with Crippen LogP contribution in [-0.4, -0.2) is 12.1 Å². The fourth-order valence-electron chi connectivity index (χ4n) is 4.84. The van der Waals surface area contributed by atoms with Crippen LogP contribution in [0.1, 0.15) is 43.2 Å². The standard InChI is InChI=1S/C23H30N2/c1-3-7-18(8-4-1)16-24-22-13-11-21-15-20(22)12-14-23(21)25-17-19-9-5-2-6-10-19/h1-10,20-25H,11-17H2. The van der Waals surface area contributed by atoms with Gasteiger partial charge in [-0.15, -0.1) is 0 Å². The van der Waals surface area contributed by atoms with Gasteiger partial charge in [-0.25, -0.2) is 0 Å². The molecular weight excluding hydrogens is 304 g/mol. The summed E-state index contributed by atoms with van der Waals surface area (Å²) < 4.78 is 0. The Kier molecular flexibility index (Phi) is 5.49. The molecule has 2 nitrogen and oxygen atoms in total. The van der Waals surface area contributed by atoms with Crippen molar-refractivity contribution in [3.63, 3.8) is 0 Å². The van der Waals surface area contributed by atoms with E-state index in [0.717, 1.165) is 24.9 Å². The quantitative estimate of drug-likeness (QED) is 0.812. The molecule has 2 aromatic rings. The minimum atomic E-state index is 0.714. The maximum absolute atomic E-state index is 3.85. The van der Waals surface area contributed by atoms with Gasteiger partial charge < -0.3 is 10.6 Å². The molecule has 2 aromatic carbocycles. The number of hydrogen-bond donors (Lipinski definition) is 2. The zero-order valence-electron chi connectivity index (χ0n) is 15.0. The van der Waals surface area contributed by atoms with Crippen LogP contribution in [-0.2, 0) is 13.1 Å². The van der Waals surface area contributed by atoms with E-state index in [1.54, 1.807) is 0 Å². The molecule has 0 aliphatic heterocycles. The molecule has 132 valence electrons. The molecule has 0 heterocycles. The average molecular weight is 335 g/mol. The highest BCUT2D eigenvalue weighted by molar-refractivity contribution is 5.15. The van der Waals surface area contributed by atoms with Gasteiger partial charge in [0, 0.05) is 25.2 Å². The van der Waals surface area contributed by atoms with Gasteiger partial charge in [0.25, 0.3) is 0 Å². The van der Waals surface area contributed by atoms with Crippen molar-refractivity contribution in [2.45, 2.75) is 57.3 Å². The lowest BCUT2D eigenvalue weighted by molar-refractivity contribution is 0.108. The predicted octanol–water partition coefficient (Wildman–Crippen LogP) is 4.51. The summed E-state index contributed by atoms with van der Waals surface area (Å²) in [5.74, 6) is 1.74. The van der Waals surface area contributed by atoms with Crippen molar-refractivity contribution in [1.29, 1.82) is 0 Å². The van der Waals surface area contributed by atoms with Crippen LogP contribution >= 0.6 is 0 Å². The van der Waals surface area contributed by atoms with Crippen molar-refractivity contribution in [3.8, 4) is 0 Å². The first kappa shape index (κ1) is 16.8. The largest absolute Gasteiger partial charge is 0.310 e. The Labute approximate surface area is 152 Å². The van der Waals surface area contributed by atoms with Gasteiger partial charge in [-0.05, 0) is 55.1 Å². The van der Waals surface area contributed by atoms with Crippen molar-refractivity contribution in [3.05, 3.63) is 71.8 Å². The average Bonchev–Trinajstić information content (AvgIpc) is 2.68. The van der Waals surface area contributed by atoms with Gasteiger partial charge in [0.2, 0.25) is 0 Å². The smallest absolute Gasteiger partial charge is 0.0208 e. The highest BCUT2D eigenvalue weighted by Crippen LogP contribution is 2.40. The van der Waals surface area contributed by atoms with Gasteiger partial charge in [0.15, 0.2) is 0 Å². The summed E-state index contributed by atoms with van der Waals surface area (Å²) in [7, 11) is 0. The van der Waals surface area contributed by atoms with Gasteiger partial charge in [0.1, 0.15) is 0 Å². The van der Waals surface area contributed by atoms with E-state index in [1.807, 2.05) is 0 Å². The third kappa shape index (κ3) is 4.31. The zero-order valence-corrected chi connectivity index (χ0v) is 15.0. The molecule has 2 bridgehead atoms. The molecular formula is C23H30N2. The van der Waals surface area contributed by atoms with E-state index in [9.17, 15) is 0 Å². The molecule has 0 radical (unpaired) electrons. The predicted molar refractivity (Wildman–Crippen MR) is 104 cm³/mol. The van der Waals surface area contributed by atoms with Crippen LogP contribution in [0.2, 0.25) is 0 Å². The lowest BCUT2D eigenvalue weighted by Crippen LogP contribution is -2.49. The Morgan fingerprint density at radius 3 is 1.48 bits per heavy atom. The number of rotatable bonds is 6.